The first kappa shape index (κ1) is 16.4. The molecule has 0 aromatic carbocycles. The van der Waals surface area contributed by atoms with Gasteiger partial charge in [0.05, 0.1) is 28.6 Å². The van der Waals surface area contributed by atoms with Crippen molar-refractivity contribution in [2.75, 3.05) is 20.3 Å². The Hall–Kier alpha value is -0.620. The lowest BCUT2D eigenvalue weighted by atomic mass is 9.92. The summed E-state index contributed by atoms with van der Waals surface area (Å²) in [5.41, 5.74) is 6.22. The molecular formula is C13H24ClN3O2. The van der Waals surface area contributed by atoms with Crippen LogP contribution < -0.4 is 5.73 Å². The summed E-state index contributed by atoms with van der Waals surface area (Å²) in [5, 5.41) is 15.7. The van der Waals surface area contributed by atoms with Crippen molar-refractivity contribution in [3.63, 3.8) is 0 Å². The van der Waals surface area contributed by atoms with Gasteiger partial charge in [-0.25, -0.2) is 0 Å². The Morgan fingerprint density at radius 3 is 2.74 bits per heavy atom. The van der Waals surface area contributed by atoms with E-state index < -0.39 is 5.60 Å². The lowest BCUT2D eigenvalue weighted by molar-refractivity contribution is -0.0387. The van der Waals surface area contributed by atoms with Crippen LogP contribution in [0.25, 0.3) is 0 Å². The number of aromatic nitrogens is 2. The second kappa shape index (κ2) is 7.24. The highest BCUT2D eigenvalue weighted by Crippen LogP contribution is 2.27. The molecule has 0 fully saturated rings. The molecule has 19 heavy (non-hydrogen) atoms. The van der Waals surface area contributed by atoms with E-state index in [1.54, 1.807) is 7.11 Å². The predicted octanol–water partition coefficient (Wildman–Crippen LogP) is 1.52. The third-order valence-corrected chi connectivity index (χ3v) is 3.70. The van der Waals surface area contributed by atoms with Crippen LogP contribution in [0.2, 0.25) is 5.02 Å². The lowest BCUT2D eigenvalue weighted by Gasteiger charge is -2.27. The Bertz CT molecular complexity index is 409. The molecule has 0 bridgehead atoms. The van der Waals surface area contributed by atoms with Crippen LogP contribution in [-0.4, -0.2) is 40.7 Å². The first-order valence-electron chi connectivity index (χ1n) is 6.60. The van der Waals surface area contributed by atoms with Gasteiger partial charge in [-0.3, -0.25) is 4.68 Å². The third-order valence-electron chi connectivity index (χ3n) is 3.21. The van der Waals surface area contributed by atoms with Crippen molar-refractivity contribution in [1.82, 2.24) is 9.78 Å². The Kier molecular flexibility index (Phi) is 6.26. The molecule has 1 heterocycles. The molecule has 0 saturated heterocycles. The van der Waals surface area contributed by atoms with Crippen molar-refractivity contribution in [3.05, 3.63) is 16.4 Å². The molecule has 0 radical (unpaired) electrons. The number of nitrogens with zero attached hydrogens (tertiary/aromatic N) is 2. The predicted molar refractivity (Wildman–Crippen MR) is 76.5 cm³/mol. The van der Waals surface area contributed by atoms with Crippen LogP contribution in [0.1, 0.15) is 31.2 Å². The first-order valence-corrected chi connectivity index (χ1v) is 6.98. The number of aryl methyl sites for hydroxylation is 2. The minimum absolute atomic E-state index is 0.261. The number of aliphatic hydroxyl groups is 1. The van der Waals surface area contributed by atoms with E-state index in [2.05, 4.69) is 5.10 Å². The third kappa shape index (κ3) is 4.18. The monoisotopic (exact) mass is 289 g/mol. The van der Waals surface area contributed by atoms with Gasteiger partial charge in [0.1, 0.15) is 0 Å². The summed E-state index contributed by atoms with van der Waals surface area (Å²) in [5.74, 6) is 0. The SMILES string of the molecule is CCn1nc(C)c(Cl)c1CC(O)(CCCN)COC. The van der Waals surface area contributed by atoms with Gasteiger partial charge >= 0.3 is 0 Å². The summed E-state index contributed by atoms with van der Waals surface area (Å²) in [6.45, 7) is 5.40. The van der Waals surface area contributed by atoms with E-state index >= 15 is 0 Å². The van der Waals surface area contributed by atoms with Crippen molar-refractivity contribution >= 4 is 11.6 Å². The standard InChI is InChI=1S/C13H24ClN3O2/c1-4-17-11(12(14)10(2)16-17)8-13(18,9-19-3)6-5-7-15/h18H,4-9,15H2,1-3H3. The van der Waals surface area contributed by atoms with Gasteiger partial charge in [0.15, 0.2) is 0 Å². The molecule has 0 aliphatic carbocycles. The van der Waals surface area contributed by atoms with E-state index in [0.717, 1.165) is 24.4 Å². The maximum Gasteiger partial charge on any atom is 0.0936 e. The molecule has 3 N–H and O–H groups in total. The van der Waals surface area contributed by atoms with Gasteiger partial charge in [-0.2, -0.15) is 5.10 Å². The zero-order valence-corrected chi connectivity index (χ0v) is 12.7. The summed E-state index contributed by atoms with van der Waals surface area (Å²) >= 11 is 6.27. The maximum atomic E-state index is 10.7. The Labute approximate surface area is 119 Å². The number of ether oxygens (including phenoxy) is 1. The van der Waals surface area contributed by atoms with Gasteiger partial charge in [0.25, 0.3) is 0 Å². The molecule has 110 valence electrons. The second-order valence-electron chi connectivity index (χ2n) is 4.89. The van der Waals surface area contributed by atoms with Gasteiger partial charge in [-0.1, -0.05) is 11.6 Å². The highest BCUT2D eigenvalue weighted by Gasteiger charge is 2.30. The van der Waals surface area contributed by atoms with Crippen molar-refractivity contribution in [2.45, 2.75) is 45.3 Å². The Morgan fingerprint density at radius 1 is 1.53 bits per heavy atom. The zero-order valence-electron chi connectivity index (χ0n) is 11.9. The minimum atomic E-state index is -0.947. The molecule has 1 atom stereocenters. The van der Waals surface area contributed by atoms with Gasteiger partial charge in [-0.05, 0) is 33.2 Å². The van der Waals surface area contributed by atoms with Crippen LogP contribution in [0.4, 0.5) is 0 Å². The molecule has 0 aliphatic heterocycles. The molecule has 6 heteroatoms. The molecule has 1 rings (SSSR count). The van der Waals surface area contributed by atoms with E-state index in [-0.39, 0.29) is 6.61 Å². The smallest absolute Gasteiger partial charge is 0.0936 e. The van der Waals surface area contributed by atoms with Crippen molar-refractivity contribution in [2.24, 2.45) is 5.73 Å². The molecular weight excluding hydrogens is 266 g/mol. The lowest BCUT2D eigenvalue weighted by Crippen LogP contribution is -2.38. The number of hydrogen-bond donors (Lipinski definition) is 2. The first-order chi connectivity index (χ1) is 8.97. The average Bonchev–Trinajstić information content (AvgIpc) is 2.64. The fourth-order valence-electron chi connectivity index (χ4n) is 2.26. The number of halogens is 1. The molecule has 0 spiro atoms. The van der Waals surface area contributed by atoms with Crippen LogP contribution in [0.3, 0.4) is 0 Å². The Balaban J connectivity index is 2.95. The molecule has 0 amide bonds. The van der Waals surface area contributed by atoms with Gasteiger partial charge in [0.2, 0.25) is 0 Å². The van der Waals surface area contributed by atoms with E-state index in [1.807, 2.05) is 18.5 Å². The van der Waals surface area contributed by atoms with Gasteiger partial charge in [0, 0.05) is 20.1 Å². The second-order valence-corrected chi connectivity index (χ2v) is 5.27. The molecule has 1 aromatic heterocycles. The topological polar surface area (TPSA) is 73.3 Å². The maximum absolute atomic E-state index is 10.7. The van der Waals surface area contributed by atoms with E-state index in [1.165, 1.54) is 0 Å². The Morgan fingerprint density at radius 2 is 2.21 bits per heavy atom. The van der Waals surface area contributed by atoms with E-state index in [0.29, 0.717) is 24.4 Å². The fourth-order valence-corrected chi connectivity index (χ4v) is 2.46. The molecule has 0 aliphatic rings. The molecule has 1 unspecified atom stereocenters. The summed E-state index contributed by atoms with van der Waals surface area (Å²) in [7, 11) is 1.58. The summed E-state index contributed by atoms with van der Waals surface area (Å²) in [6.07, 6.45) is 1.76. The van der Waals surface area contributed by atoms with Crippen molar-refractivity contribution in [3.8, 4) is 0 Å². The van der Waals surface area contributed by atoms with Crippen molar-refractivity contribution in [1.29, 1.82) is 0 Å². The van der Waals surface area contributed by atoms with Crippen LogP contribution in [0.5, 0.6) is 0 Å². The number of hydrogen-bond acceptors (Lipinski definition) is 4. The van der Waals surface area contributed by atoms with E-state index in [4.69, 9.17) is 22.1 Å². The number of rotatable bonds is 8. The van der Waals surface area contributed by atoms with Gasteiger partial charge in [-0.15, -0.1) is 0 Å². The number of methoxy groups -OCH3 is 1. The van der Waals surface area contributed by atoms with Crippen LogP contribution >= 0.6 is 11.6 Å². The molecule has 0 saturated carbocycles. The van der Waals surface area contributed by atoms with Crippen LogP contribution in [0, 0.1) is 6.92 Å². The highest BCUT2D eigenvalue weighted by molar-refractivity contribution is 6.31. The normalized spacial score (nSPS) is 14.6. The quantitative estimate of drug-likeness (QED) is 0.761. The molecule has 1 aromatic rings. The molecule has 5 nitrogen and oxygen atoms in total. The summed E-state index contributed by atoms with van der Waals surface area (Å²) < 4.78 is 6.97. The van der Waals surface area contributed by atoms with E-state index in [9.17, 15) is 5.11 Å². The zero-order chi connectivity index (χ0) is 14.5. The fraction of sp³-hybridized carbons (Fsp3) is 0.769. The average molecular weight is 290 g/mol. The summed E-state index contributed by atoms with van der Waals surface area (Å²) in [6, 6.07) is 0. The number of nitrogens with two attached hydrogens (primary N) is 1. The van der Waals surface area contributed by atoms with Crippen LogP contribution in [-0.2, 0) is 17.7 Å². The summed E-state index contributed by atoms with van der Waals surface area (Å²) in [4.78, 5) is 0. The minimum Gasteiger partial charge on any atom is -0.387 e. The largest absolute Gasteiger partial charge is 0.387 e. The van der Waals surface area contributed by atoms with Gasteiger partial charge < -0.3 is 15.6 Å². The van der Waals surface area contributed by atoms with Crippen LogP contribution in [0.15, 0.2) is 0 Å². The van der Waals surface area contributed by atoms with Crippen molar-refractivity contribution < 1.29 is 9.84 Å². The highest BCUT2D eigenvalue weighted by atomic mass is 35.5.